The van der Waals surface area contributed by atoms with E-state index in [1.807, 2.05) is 12.1 Å². The molecule has 13 heavy (non-hydrogen) atoms. The zero-order valence-corrected chi connectivity index (χ0v) is 8.42. The first kappa shape index (κ1) is 8.51. The molecule has 0 N–H and O–H groups in total. The van der Waals surface area contributed by atoms with Gasteiger partial charge in [-0.25, -0.2) is 4.98 Å². The van der Waals surface area contributed by atoms with Gasteiger partial charge in [0.2, 0.25) is 0 Å². The second kappa shape index (κ2) is 3.75. The molecule has 2 aromatic heterocycles. The third kappa shape index (κ3) is 1.98. The van der Waals surface area contributed by atoms with Crippen molar-refractivity contribution in [2.24, 2.45) is 0 Å². The van der Waals surface area contributed by atoms with Gasteiger partial charge < -0.3 is 4.57 Å². The summed E-state index contributed by atoms with van der Waals surface area (Å²) < 4.78 is 2.13. The lowest BCUT2D eigenvalue weighted by Gasteiger charge is -1.97. The highest BCUT2D eigenvalue weighted by molar-refractivity contribution is 7.09. The van der Waals surface area contributed by atoms with Crippen LogP contribution in [0.2, 0.25) is 0 Å². The predicted octanol–water partition coefficient (Wildman–Crippen LogP) is 2.56. The zero-order chi connectivity index (χ0) is 9.10. The molecule has 0 atom stereocenters. The monoisotopic (exact) mass is 192 g/mol. The molecule has 0 aromatic carbocycles. The summed E-state index contributed by atoms with van der Waals surface area (Å²) >= 11 is 1.75. The van der Waals surface area contributed by atoms with Gasteiger partial charge in [0.05, 0.1) is 17.2 Å². The van der Waals surface area contributed by atoms with Gasteiger partial charge in [0.1, 0.15) is 0 Å². The van der Waals surface area contributed by atoms with Crippen LogP contribution in [0.5, 0.6) is 0 Å². The van der Waals surface area contributed by atoms with Gasteiger partial charge in [-0.05, 0) is 18.6 Å². The molecule has 0 spiro atoms. The summed E-state index contributed by atoms with van der Waals surface area (Å²) in [5.74, 6) is 0. The summed E-state index contributed by atoms with van der Waals surface area (Å²) in [6.45, 7) is 3.03. The van der Waals surface area contributed by atoms with Crippen molar-refractivity contribution in [3.63, 3.8) is 0 Å². The molecule has 0 saturated carbocycles. The van der Waals surface area contributed by atoms with Gasteiger partial charge in [0.25, 0.3) is 0 Å². The van der Waals surface area contributed by atoms with Crippen molar-refractivity contribution < 1.29 is 0 Å². The Morgan fingerprint density at radius 2 is 2.15 bits per heavy atom. The van der Waals surface area contributed by atoms with Crippen molar-refractivity contribution in [2.45, 2.75) is 19.9 Å². The Labute approximate surface area is 81.9 Å². The van der Waals surface area contributed by atoms with Crippen LogP contribution in [0.3, 0.4) is 0 Å². The van der Waals surface area contributed by atoms with Gasteiger partial charge in [-0.2, -0.15) is 0 Å². The topological polar surface area (TPSA) is 17.8 Å². The first-order valence-electron chi connectivity index (χ1n) is 4.42. The molecule has 0 aliphatic heterocycles. The van der Waals surface area contributed by atoms with Crippen molar-refractivity contribution in [2.75, 3.05) is 0 Å². The predicted molar refractivity (Wildman–Crippen MR) is 55.0 cm³/mol. The number of thiazole rings is 1. The van der Waals surface area contributed by atoms with E-state index in [0.717, 1.165) is 18.7 Å². The Hall–Kier alpha value is -1.09. The van der Waals surface area contributed by atoms with Crippen LogP contribution in [0, 0.1) is 0 Å². The molecule has 2 heterocycles. The molecular formula is C10H12N2S. The quantitative estimate of drug-likeness (QED) is 0.730. The summed E-state index contributed by atoms with van der Waals surface area (Å²) in [6.07, 6.45) is 5.16. The van der Waals surface area contributed by atoms with Crippen LogP contribution >= 0.6 is 11.3 Å². The van der Waals surface area contributed by atoms with E-state index in [-0.39, 0.29) is 0 Å². The fourth-order valence-electron chi connectivity index (χ4n) is 1.25. The number of hydrogen-bond acceptors (Lipinski definition) is 2. The zero-order valence-electron chi connectivity index (χ0n) is 7.60. The van der Waals surface area contributed by atoms with E-state index in [0.29, 0.717) is 0 Å². The lowest BCUT2D eigenvalue weighted by Crippen LogP contribution is -1.96. The van der Waals surface area contributed by atoms with Crippen molar-refractivity contribution in [1.82, 2.24) is 9.55 Å². The standard InChI is InChI=1S/C10H12N2S/c1-2-10-11-9(8-13-10)7-12-5-3-4-6-12/h3-6,8H,2,7H2,1H3. The van der Waals surface area contributed by atoms with Gasteiger partial charge in [0, 0.05) is 17.8 Å². The van der Waals surface area contributed by atoms with Crippen molar-refractivity contribution >= 4 is 11.3 Å². The Morgan fingerprint density at radius 1 is 1.38 bits per heavy atom. The van der Waals surface area contributed by atoms with Gasteiger partial charge in [0.15, 0.2) is 0 Å². The third-order valence-electron chi connectivity index (χ3n) is 1.91. The third-order valence-corrected chi connectivity index (χ3v) is 2.95. The SMILES string of the molecule is CCc1nc(Cn2cccc2)cs1. The maximum absolute atomic E-state index is 4.50. The maximum Gasteiger partial charge on any atom is 0.0926 e. The van der Waals surface area contributed by atoms with E-state index in [1.165, 1.54) is 5.01 Å². The number of rotatable bonds is 3. The van der Waals surface area contributed by atoms with E-state index >= 15 is 0 Å². The highest BCUT2D eigenvalue weighted by Crippen LogP contribution is 2.11. The van der Waals surface area contributed by atoms with E-state index in [1.54, 1.807) is 11.3 Å². The molecule has 0 fully saturated rings. The van der Waals surface area contributed by atoms with Crippen LogP contribution in [0.25, 0.3) is 0 Å². The molecule has 3 heteroatoms. The fourth-order valence-corrected chi connectivity index (χ4v) is 1.98. The highest BCUT2D eigenvalue weighted by Gasteiger charge is 1.99. The van der Waals surface area contributed by atoms with Crippen molar-refractivity contribution in [3.05, 3.63) is 40.6 Å². The van der Waals surface area contributed by atoms with Crippen LogP contribution in [-0.2, 0) is 13.0 Å². The van der Waals surface area contributed by atoms with Crippen LogP contribution in [0.1, 0.15) is 17.6 Å². The average Bonchev–Trinajstić information content (AvgIpc) is 2.76. The minimum absolute atomic E-state index is 0.892. The lowest BCUT2D eigenvalue weighted by molar-refractivity contribution is 0.782. The Kier molecular flexibility index (Phi) is 2.45. The summed E-state index contributed by atoms with van der Waals surface area (Å²) in [7, 11) is 0. The normalized spacial score (nSPS) is 10.5. The molecule has 0 radical (unpaired) electrons. The molecule has 0 aliphatic rings. The number of nitrogens with zero attached hydrogens (tertiary/aromatic N) is 2. The van der Waals surface area contributed by atoms with Gasteiger partial charge in [-0.3, -0.25) is 0 Å². The van der Waals surface area contributed by atoms with Crippen LogP contribution < -0.4 is 0 Å². The minimum Gasteiger partial charge on any atom is -0.348 e. The van der Waals surface area contributed by atoms with Gasteiger partial charge in [-0.1, -0.05) is 6.92 Å². The number of aromatic nitrogens is 2. The summed E-state index contributed by atoms with van der Waals surface area (Å²) in [5, 5.41) is 3.36. The summed E-state index contributed by atoms with van der Waals surface area (Å²) in [5.41, 5.74) is 1.16. The molecule has 0 aliphatic carbocycles. The number of aryl methyl sites for hydroxylation is 1. The first-order valence-corrected chi connectivity index (χ1v) is 5.30. The fraction of sp³-hybridized carbons (Fsp3) is 0.300. The smallest absolute Gasteiger partial charge is 0.0926 e. The Morgan fingerprint density at radius 3 is 2.77 bits per heavy atom. The van der Waals surface area contributed by atoms with E-state index in [2.05, 4.69) is 34.2 Å². The lowest BCUT2D eigenvalue weighted by atomic mass is 10.4. The molecule has 2 aromatic rings. The molecule has 2 nitrogen and oxygen atoms in total. The second-order valence-electron chi connectivity index (χ2n) is 2.94. The largest absolute Gasteiger partial charge is 0.348 e. The van der Waals surface area contributed by atoms with Crippen molar-refractivity contribution in [1.29, 1.82) is 0 Å². The molecule has 68 valence electrons. The minimum atomic E-state index is 0.892. The van der Waals surface area contributed by atoms with Gasteiger partial charge in [-0.15, -0.1) is 11.3 Å². The molecule has 0 saturated heterocycles. The van der Waals surface area contributed by atoms with E-state index in [9.17, 15) is 0 Å². The summed E-state index contributed by atoms with van der Waals surface area (Å²) in [6, 6.07) is 4.07. The molecular weight excluding hydrogens is 180 g/mol. The van der Waals surface area contributed by atoms with E-state index < -0.39 is 0 Å². The molecule has 0 bridgehead atoms. The molecule has 0 amide bonds. The van der Waals surface area contributed by atoms with Gasteiger partial charge >= 0.3 is 0 Å². The number of hydrogen-bond donors (Lipinski definition) is 0. The summed E-state index contributed by atoms with van der Waals surface area (Å²) in [4.78, 5) is 4.50. The van der Waals surface area contributed by atoms with Crippen molar-refractivity contribution in [3.8, 4) is 0 Å². The first-order chi connectivity index (χ1) is 6.38. The molecule has 2 rings (SSSR count). The van der Waals surface area contributed by atoms with Crippen LogP contribution in [0.4, 0.5) is 0 Å². The average molecular weight is 192 g/mol. The van der Waals surface area contributed by atoms with E-state index in [4.69, 9.17) is 0 Å². The molecule has 0 unspecified atom stereocenters. The second-order valence-corrected chi connectivity index (χ2v) is 3.88. The van der Waals surface area contributed by atoms with Crippen LogP contribution in [0.15, 0.2) is 29.9 Å². The highest BCUT2D eigenvalue weighted by atomic mass is 32.1. The Balaban J connectivity index is 2.10. The Bertz CT molecular complexity index is 362. The van der Waals surface area contributed by atoms with Crippen LogP contribution in [-0.4, -0.2) is 9.55 Å². The maximum atomic E-state index is 4.50.